The molecule has 6 nitrogen and oxygen atoms in total. The minimum atomic E-state index is -3.72. The van der Waals surface area contributed by atoms with Gasteiger partial charge in [0, 0.05) is 29.5 Å². The van der Waals surface area contributed by atoms with Gasteiger partial charge in [-0.2, -0.15) is 0 Å². The highest BCUT2D eigenvalue weighted by atomic mass is 32.2. The average molecular weight is 438 g/mol. The normalized spacial score (nSPS) is 12.2. The van der Waals surface area contributed by atoms with Crippen molar-refractivity contribution in [1.82, 2.24) is 5.32 Å². The van der Waals surface area contributed by atoms with Gasteiger partial charge in [0.05, 0.1) is 4.90 Å². The zero-order valence-corrected chi connectivity index (χ0v) is 18.4. The van der Waals surface area contributed by atoms with E-state index in [0.717, 1.165) is 5.69 Å². The molecule has 162 valence electrons. The van der Waals surface area contributed by atoms with Crippen LogP contribution in [0.3, 0.4) is 0 Å². The van der Waals surface area contributed by atoms with Crippen molar-refractivity contribution in [2.45, 2.75) is 24.8 Å². The van der Waals surface area contributed by atoms with Crippen LogP contribution in [0.4, 0.5) is 11.4 Å². The van der Waals surface area contributed by atoms with Crippen LogP contribution in [0.1, 0.15) is 24.2 Å². The number of carbonyl (C=O) groups excluding carboxylic acids is 1. The predicted molar refractivity (Wildman–Crippen MR) is 125 cm³/mol. The van der Waals surface area contributed by atoms with Gasteiger partial charge in [-0.15, -0.1) is 0 Å². The van der Waals surface area contributed by atoms with Crippen LogP contribution in [0.2, 0.25) is 0 Å². The van der Waals surface area contributed by atoms with Crippen LogP contribution in [0.15, 0.2) is 89.8 Å². The Bertz CT molecular complexity index is 1100. The summed E-state index contributed by atoms with van der Waals surface area (Å²) in [5, 5.41) is 6.38. The highest BCUT2D eigenvalue weighted by molar-refractivity contribution is 7.92. The lowest BCUT2D eigenvalue weighted by Gasteiger charge is -2.24. The second-order valence-corrected chi connectivity index (χ2v) is 9.25. The van der Waals surface area contributed by atoms with E-state index in [0.29, 0.717) is 23.7 Å². The predicted octanol–water partition coefficient (Wildman–Crippen LogP) is 4.35. The molecule has 0 saturated heterocycles. The van der Waals surface area contributed by atoms with Crippen molar-refractivity contribution in [3.63, 3.8) is 0 Å². The zero-order valence-electron chi connectivity index (χ0n) is 17.6. The number of nitrogens with one attached hydrogen (secondary N) is 3. The van der Waals surface area contributed by atoms with Crippen LogP contribution in [0.25, 0.3) is 0 Å². The molecule has 0 aliphatic rings. The monoisotopic (exact) mass is 437 g/mol. The van der Waals surface area contributed by atoms with Crippen molar-refractivity contribution >= 4 is 27.3 Å². The lowest BCUT2D eigenvalue weighted by Crippen LogP contribution is -2.39. The molecule has 31 heavy (non-hydrogen) atoms. The summed E-state index contributed by atoms with van der Waals surface area (Å²) in [7, 11) is -3.72. The molecule has 0 aliphatic carbocycles. The molecule has 1 amide bonds. The molecule has 1 unspecified atom stereocenters. The largest absolute Gasteiger partial charge is 0.380 e. The van der Waals surface area contributed by atoms with Gasteiger partial charge in [0.2, 0.25) is 0 Å². The topological polar surface area (TPSA) is 87.3 Å². The third-order valence-corrected chi connectivity index (χ3v) is 6.24. The van der Waals surface area contributed by atoms with Crippen molar-refractivity contribution in [1.29, 1.82) is 0 Å². The second kappa shape index (κ2) is 10.1. The van der Waals surface area contributed by atoms with Crippen molar-refractivity contribution < 1.29 is 13.2 Å². The van der Waals surface area contributed by atoms with E-state index < -0.39 is 10.0 Å². The number of amides is 1. The van der Waals surface area contributed by atoms with Crippen LogP contribution in [-0.2, 0) is 10.0 Å². The molecule has 1 atom stereocenters. The van der Waals surface area contributed by atoms with Crippen LogP contribution < -0.4 is 15.4 Å². The van der Waals surface area contributed by atoms with E-state index in [-0.39, 0.29) is 16.8 Å². The number of hydrogen-bond donors (Lipinski definition) is 3. The first-order valence-corrected chi connectivity index (χ1v) is 11.6. The summed E-state index contributed by atoms with van der Waals surface area (Å²) in [6.07, 6.45) is 0. The number of carbonyl (C=O) groups is 1. The molecule has 0 radical (unpaired) electrons. The number of rotatable bonds is 9. The Morgan fingerprint density at radius 1 is 0.839 bits per heavy atom. The van der Waals surface area contributed by atoms with Gasteiger partial charge in [0.25, 0.3) is 15.9 Å². The molecule has 7 heteroatoms. The van der Waals surface area contributed by atoms with Gasteiger partial charge in [0.1, 0.15) is 0 Å². The van der Waals surface area contributed by atoms with Gasteiger partial charge in [0.15, 0.2) is 0 Å². The second-order valence-electron chi connectivity index (χ2n) is 7.57. The Labute approximate surface area is 183 Å². The molecule has 0 spiro atoms. The lowest BCUT2D eigenvalue weighted by atomic mass is 10.0. The number of anilines is 2. The Balaban J connectivity index is 1.65. The van der Waals surface area contributed by atoms with Gasteiger partial charge < -0.3 is 10.6 Å². The number of hydrogen-bond acceptors (Lipinski definition) is 4. The van der Waals surface area contributed by atoms with Gasteiger partial charge in [-0.25, -0.2) is 8.42 Å². The highest BCUT2D eigenvalue weighted by Gasteiger charge is 2.17. The highest BCUT2D eigenvalue weighted by Crippen LogP contribution is 2.17. The van der Waals surface area contributed by atoms with Crippen LogP contribution in [0.5, 0.6) is 0 Å². The molecular formula is C24H27N3O3S. The van der Waals surface area contributed by atoms with E-state index in [4.69, 9.17) is 0 Å². The van der Waals surface area contributed by atoms with E-state index >= 15 is 0 Å². The number of benzene rings is 3. The first kappa shape index (κ1) is 22.4. The third kappa shape index (κ3) is 6.33. The molecule has 0 aromatic heterocycles. The van der Waals surface area contributed by atoms with Crippen molar-refractivity contribution in [2.75, 3.05) is 16.6 Å². The Morgan fingerprint density at radius 3 is 2.10 bits per heavy atom. The zero-order chi connectivity index (χ0) is 22.3. The molecule has 3 aromatic carbocycles. The molecule has 0 aliphatic heterocycles. The summed E-state index contributed by atoms with van der Waals surface area (Å²) >= 11 is 0. The maximum atomic E-state index is 12.7. The maximum absolute atomic E-state index is 12.7. The van der Waals surface area contributed by atoms with E-state index in [1.807, 2.05) is 30.3 Å². The average Bonchev–Trinajstić information content (AvgIpc) is 2.77. The fraction of sp³-hybridized carbons (Fsp3) is 0.208. The Morgan fingerprint density at radius 2 is 1.45 bits per heavy atom. The molecule has 3 aromatic rings. The quantitative estimate of drug-likeness (QED) is 0.464. The van der Waals surface area contributed by atoms with E-state index in [9.17, 15) is 13.2 Å². The van der Waals surface area contributed by atoms with Crippen LogP contribution >= 0.6 is 0 Å². The van der Waals surface area contributed by atoms with E-state index in [1.54, 1.807) is 36.4 Å². The summed E-state index contributed by atoms with van der Waals surface area (Å²) in [4.78, 5) is 12.9. The molecule has 0 heterocycles. The molecule has 0 fully saturated rings. The summed E-state index contributed by atoms with van der Waals surface area (Å²) in [6.45, 7) is 4.61. The van der Waals surface area contributed by atoms with E-state index in [2.05, 4.69) is 29.2 Å². The van der Waals surface area contributed by atoms with Crippen molar-refractivity contribution in [3.05, 3.63) is 90.5 Å². The number of para-hydroxylation sites is 1. The van der Waals surface area contributed by atoms with Gasteiger partial charge in [-0.05, 0) is 48.4 Å². The standard InChI is InChI=1S/C24H27N3O3S/c1-18(2)23(26-20-11-5-3-6-12-20)17-25-24(28)19-10-9-13-21(16-19)27-31(29,30)22-14-7-4-8-15-22/h3-16,18,23,26-27H,17H2,1-2H3,(H,25,28). The summed E-state index contributed by atoms with van der Waals surface area (Å²) in [5.41, 5.74) is 1.71. The summed E-state index contributed by atoms with van der Waals surface area (Å²) < 4.78 is 27.6. The van der Waals surface area contributed by atoms with Crippen molar-refractivity contribution in [2.24, 2.45) is 5.92 Å². The Hall–Kier alpha value is -3.32. The Kier molecular flexibility index (Phi) is 7.31. The third-order valence-electron chi connectivity index (χ3n) is 4.84. The minimum Gasteiger partial charge on any atom is -0.380 e. The molecule has 3 N–H and O–H groups in total. The fourth-order valence-corrected chi connectivity index (χ4v) is 4.11. The lowest BCUT2D eigenvalue weighted by molar-refractivity contribution is 0.0950. The first-order valence-electron chi connectivity index (χ1n) is 10.1. The van der Waals surface area contributed by atoms with Crippen LogP contribution in [-0.4, -0.2) is 26.9 Å². The molecule has 0 saturated carbocycles. The molecular weight excluding hydrogens is 410 g/mol. The minimum absolute atomic E-state index is 0.0473. The maximum Gasteiger partial charge on any atom is 0.261 e. The summed E-state index contributed by atoms with van der Waals surface area (Å²) in [5.74, 6) is 0.0331. The van der Waals surface area contributed by atoms with E-state index in [1.165, 1.54) is 18.2 Å². The van der Waals surface area contributed by atoms with Crippen molar-refractivity contribution in [3.8, 4) is 0 Å². The SMILES string of the molecule is CC(C)C(CNC(=O)c1cccc(NS(=O)(=O)c2ccccc2)c1)Nc1ccccc1. The summed E-state index contributed by atoms with van der Waals surface area (Å²) in [6, 6.07) is 24.5. The van der Waals surface area contributed by atoms with Gasteiger partial charge >= 0.3 is 0 Å². The van der Waals surface area contributed by atoms with Gasteiger partial charge in [-0.1, -0.05) is 56.3 Å². The fourth-order valence-electron chi connectivity index (χ4n) is 3.04. The van der Waals surface area contributed by atoms with Crippen LogP contribution in [0, 0.1) is 5.92 Å². The molecule has 3 rings (SSSR count). The number of sulfonamides is 1. The molecule has 0 bridgehead atoms. The first-order chi connectivity index (χ1) is 14.8. The smallest absolute Gasteiger partial charge is 0.261 e. The van der Waals surface area contributed by atoms with Gasteiger partial charge in [-0.3, -0.25) is 9.52 Å².